The summed E-state index contributed by atoms with van der Waals surface area (Å²) in [4.78, 5) is 51.1. The van der Waals surface area contributed by atoms with Crippen LogP contribution in [0.15, 0.2) is 66.3 Å². The van der Waals surface area contributed by atoms with E-state index in [0.717, 1.165) is 5.57 Å². The highest BCUT2D eigenvalue weighted by molar-refractivity contribution is 6.01. The molecule has 38 heavy (non-hydrogen) atoms. The van der Waals surface area contributed by atoms with Gasteiger partial charge in [0.15, 0.2) is 18.0 Å². The Morgan fingerprint density at radius 1 is 1.11 bits per heavy atom. The zero-order chi connectivity index (χ0) is 27.5. The van der Waals surface area contributed by atoms with E-state index in [0.29, 0.717) is 12.0 Å². The van der Waals surface area contributed by atoms with Crippen molar-refractivity contribution in [2.24, 2.45) is 34.5 Å². The number of Topliss-reactive ketones (excluding diaryl/α,β-unsaturated/α-hetero) is 1. The maximum atomic E-state index is 14.0. The summed E-state index contributed by atoms with van der Waals surface area (Å²) < 4.78 is 11.4. The van der Waals surface area contributed by atoms with Crippen LogP contribution in [0.1, 0.15) is 50.9 Å². The number of carbonyl (C=O) groups excluding carboxylic acids is 4. The van der Waals surface area contributed by atoms with Crippen LogP contribution in [0.5, 0.6) is 0 Å². The standard InChI is InChI=1S/C31H34O7/c1-18-14-24-23-11-10-21-15-22(33)12-13-29(21,3)27(23)25(34)16-30(24,4)31(18,26(35)17-37-19(2)32)38-28(36)20-8-6-5-7-9-20/h5-13,15,18,23-25,27,34H,14,16-17H2,1-4H3/t18?,23-,24-,25?,27+,29-,30-,31-/m0/s1. The monoisotopic (exact) mass is 518 g/mol. The second kappa shape index (κ2) is 9.16. The van der Waals surface area contributed by atoms with Crippen LogP contribution in [-0.2, 0) is 23.9 Å². The van der Waals surface area contributed by atoms with Gasteiger partial charge in [-0.25, -0.2) is 4.79 Å². The molecule has 8 atom stereocenters. The van der Waals surface area contributed by atoms with E-state index in [1.165, 1.54) is 6.92 Å². The molecule has 2 unspecified atom stereocenters. The molecule has 1 aromatic rings. The number of hydrogen-bond acceptors (Lipinski definition) is 7. The highest BCUT2D eigenvalue weighted by Gasteiger charge is 2.72. The molecule has 7 heteroatoms. The van der Waals surface area contributed by atoms with Gasteiger partial charge in [-0.15, -0.1) is 0 Å². The van der Waals surface area contributed by atoms with Crippen LogP contribution >= 0.6 is 0 Å². The molecule has 0 spiro atoms. The Kier molecular flexibility index (Phi) is 6.33. The number of hydrogen-bond donors (Lipinski definition) is 1. The van der Waals surface area contributed by atoms with Crippen LogP contribution in [0.25, 0.3) is 0 Å². The van der Waals surface area contributed by atoms with Gasteiger partial charge in [0.25, 0.3) is 0 Å². The molecule has 2 fully saturated rings. The van der Waals surface area contributed by atoms with E-state index in [2.05, 4.69) is 0 Å². The van der Waals surface area contributed by atoms with Crippen LogP contribution in [0.4, 0.5) is 0 Å². The normalized spacial score (nSPS) is 38.9. The minimum atomic E-state index is -1.60. The number of aliphatic hydroxyl groups is 1. The Hall–Kier alpha value is -3.32. The summed E-state index contributed by atoms with van der Waals surface area (Å²) in [5.74, 6) is -2.60. The molecule has 0 saturated heterocycles. The minimum absolute atomic E-state index is 0.0758. The molecule has 200 valence electrons. The third-order valence-electron chi connectivity index (χ3n) is 9.68. The number of ketones is 2. The lowest BCUT2D eigenvalue weighted by molar-refractivity contribution is -0.182. The minimum Gasteiger partial charge on any atom is -0.458 e. The van der Waals surface area contributed by atoms with Crippen molar-refractivity contribution in [3.05, 3.63) is 71.8 Å². The smallest absolute Gasteiger partial charge is 0.339 e. The van der Waals surface area contributed by atoms with Crippen molar-refractivity contribution in [2.75, 3.05) is 6.61 Å². The number of carbonyl (C=O) groups is 4. The van der Waals surface area contributed by atoms with Gasteiger partial charge in [0.2, 0.25) is 5.78 Å². The number of rotatable bonds is 5. The molecule has 1 N–H and O–H groups in total. The van der Waals surface area contributed by atoms with Gasteiger partial charge < -0.3 is 14.6 Å². The lowest BCUT2D eigenvalue weighted by atomic mass is 9.47. The maximum Gasteiger partial charge on any atom is 0.339 e. The van der Waals surface area contributed by atoms with Crippen LogP contribution in [0.2, 0.25) is 0 Å². The van der Waals surface area contributed by atoms with Gasteiger partial charge in [-0.05, 0) is 54.5 Å². The van der Waals surface area contributed by atoms with Gasteiger partial charge in [0.1, 0.15) is 0 Å². The van der Waals surface area contributed by atoms with Gasteiger partial charge in [0.05, 0.1) is 11.7 Å². The van der Waals surface area contributed by atoms with Crippen molar-refractivity contribution in [2.45, 2.75) is 52.2 Å². The number of ether oxygens (including phenoxy) is 2. The van der Waals surface area contributed by atoms with Crippen LogP contribution in [-0.4, -0.2) is 46.9 Å². The molecule has 1 aromatic carbocycles. The summed E-state index contributed by atoms with van der Waals surface area (Å²) in [5, 5.41) is 11.7. The molecule has 0 aliphatic heterocycles. The number of benzene rings is 1. The predicted octanol–water partition coefficient (Wildman–Crippen LogP) is 4.02. The zero-order valence-electron chi connectivity index (χ0n) is 22.2. The molecular weight excluding hydrogens is 484 g/mol. The third-order valence-corrected chi connectivity index (χ3v) is 9.68. The Morgan fingerprint density at radius 3 is 2.50 bits per heavy atom. The number of fused-ring (bicyclic) bond motifs is 5. The fourth-order valence-corrected chi connectivity index (χ4v) is 8.03. The molecule has 7 nitrogen and oxygen atoms in total. The van der Waals surface area contributed by atoms with Crippen molar-refractivity contribution >= 4 is 23.5 Å². The van der Waals surface area contributed by atoms with Crippen molar-refractivity contribution in [1.82, 2.24) is 0 Å². The summed E-state index contributed by atoms with van der Waals surface area (Å²) >= 11 is 0. The summed E-state index contributed by atoms with van der Waals surface area (Å²) in [6.07, 6.45) is 9.06. The molecule has 4 aliphatic rings. The largest absolute Gasteiger partial charge is 0.458 e. The van der Waals surface area contributed by atoms with Crippen LogP contribution in [0.3, 0.4) is 0 Å². The number of esters is 2. The molecule has 5 rings (SSSR count). The fourth-order valence-electron chi connectivity index (χ4n) is 8.03. The van der Waals surface area contributed by atoms with Crippen molar-refractivity contribution in [1.29, 1.82) is 0 Å². The van der Waals surface area contributed by atoms with Crippen LogP contribution < -0.4 is 0 Å². The van der Waals surface area contributed by atoms with Gasteiger partial charge in [-0.1, -0.05) is 57.2 Å². The second-order valence-electron chi connectivity index (χ2n) is 11.7. The lowest BCUT2D eigenvalue weighted by Crippen LogP contribution is -2.64. The molecule has 0 radical (unpaired) electrons. The van der Waals surface area contributed by atoms with Crippen molar-refractivity contribution in [3.63, 3.8) is 0 Å². The predicted molar refractivity (Wildman–Crippen MR) is 139 cm³/mol. The van der Waals surface area contributed by atoms with E-state index < -0.39 is 46.9 Å². The highest BCUT2D eigenvalue weighted by atomic mass is 16.6. The topological polar surface area (TPSA) is 107 Å². The first-order valence-electron chi connectivity index (χ1n) is 13.2. The first-order chi connectivity index (χ1) is 17.9. The Morgan fingerprint density at radius 2 is 1.82 bits per heavy atom. The van der Waals surface area contributed by atoms with E-state index in [9.17, 15) is 24.3 Å². The van der Waals surface area contributed by atoms with Gasteiger partial charge in [-0.3, -0.25) is 14.4 Å². The molecule has 4 aliphatic carbocycles. The summed E-state index contributed by atoms with van der Waals surface area (Å²) in [6, 6.07) is 8.50. The second-order valence-corrected chi connectivity index (χ2v) is 11.7. The van der Waals surface area contributed by atoms with E-state index in [-0.39, 0.29) is 35.9 Å². The molecule has 0 amide bonds. The Labute approximate surface area is 222 Å². The summed E-state index contributed by atoms with van der Waals surface area (Å²) in [7, 11) is 0. The molecule has 0 aromatic heterocycles. The molecular formula is C31H34O7. The zero-order valence-corrected chi connectivity index (χ0v) is 22.2. The molecule has 2 saturated carbocycles. The molecule has 0 bridgehead atoms. The van der Waals surface area contributed by atoms with Crippen LogP contribution in [0, 0.1) is 34.5 Å². The molecule has 0 heterocycles. The maximum absolute atomic E-state index is 14.0. The van der Waals surface area contributed by atoms with E-state index in [1.54, 1.807) is 42.5 Å². The summed E-state index contributed by atoms with van der Waals surface area (Å²) in [5.41, 5.74) is -1.88. The number of aliphatic hydroxyl groups excluding tert-OH is 1. The van der Waals surface area contributed by atoms with E-state index >= 15 is 0 Å². The fraction of sp³-hybridized carbons (Fsp3) is 0.484. The SMILES string of the molecule is CC(=O)OCC(=O)[C@@]1(OC(=O)c2ccccc2)C(C)C[C@H]2[C@@H]3C=CC4=CC(=O)C=C[C@]4(C)[C@H]3C(O)C[C@@]21C. The third kappa shape index (κ3) is 3.74. The van der Waals surface area contributed by atoms with Crippen molar-refractivity contribution < 1.29 is 33.8 Å². The average Bonchev–Trinajstić information content (AvgIpc) is 3.09. The number of allylic oxidation sites excluding steroid dienone is 6. The van der Waals surface area contributed by atoms with Gasteiger partial charge in [0, 0.05) is 29.6 Å². The van der Waals surface area contributed by atoms with E-state index in [4.69, 9.17) is 9.47 Å². The quantitative estimate of drug-likeness (QED) is 0.587. The van der Waals surface area contributed by atoms with Gasteiger partial charge in [-0.2, -0.15) is 0 Å². The average molecular weight is 519 g/mol. The van der Waals surface area contributed by atoms with Gasteiger partial charge >= 0.3 is 11.9 Å². The first-order valence-corrected chi connectivity index (χ1v) is 13.2. The first kappa shape index (κ1) is 26.3. The Balaban J connectivity index is 1.60. The van der Waals surface area contributed by atoms with Crippen molar-refractivity contribution in [3.8, 4) is 0 Å². The van der Waals surface area contributed by atoms with E-state index in [1.807, 2.05) is 39.0 Å². The highest BCUT2D eigenvalue weighted by Crippen LogP contribution is 2.68. The Bertz CT molecular complexity index is 1280. The summed E-state index contributed by atoms with van der Waals surface area (Å²) in [6.45, 7) is 6.58. The lowest BCUT2D eigenvalue weighted by Gasteiger charge is -2.58.